The molecule has 0 spiro atoms. The number of aryl methyl sites for hydroxylation is 1. The first-order chi connectivity index (χ1) is 10.1. The number of carbonyl (C=O) groups excluding carboxylic acids is 1. The Morgan fingerprint density at radius 1 is 1.38 bits per heavy atom. The molecule has 0 bridgehead atoms. The van der Waals surface area contributed by atoms with Crippen LogP contribution in [-0.2, 0) is 11.3 Å². The molecule has 7 heteroatoms. The van der Waals surface area contributed by atoms with E-state index in [4.69, 9.17) is 17.3 Å². The Labute approximate surface area is 126 Å². The smallest absolute Gasteiger partial charge is 0.253 e. The molecule has 0 aliphatic rings. The molecule has 3 N–H and O–H groups in total. The van der Waals surface area contributed by atoms with Crippen molar-refractivity contribution in [3.8, 4) is 0 Å². The van der Waals surface area contributed by atoms with E-state index in [0.29, 0.717) is 29.4 Å². The highest BCUT2D eigenvalue weighted by atomic mass is 35.5. The summed E-state index contributed by atoms with van der Waals surface area (Å²) in [5.41, 5.74) is 6.57. The molecule has 1 heterocycles. The van der Waals surface area contributed by atoms with Crippen LogP contribution in [0.25, 0.3) is 0 Å². The zero-order valence-corrected chi connectivity index (χ0v) is 12.0. The van der Waals surface area contributed by atoms with Crippen LogP contribution in [0.4, 0.5) is 11.4 Å². The number of nitrogens with zero attached hydrogens (tertiary/aromatic N) is 2. The van der Waals surface area contributed by atoms with Gasteiger partial charge < -0.3 is 11.1 Å². The van der Waals surface area contributed by atoms with E-state index in [0.717, 1.165) is 0 Å². The monoisotopic (exact) mass is 306 g/mol. The molecule has 0 fully saturated rings. The molecule has 21 heavy (non-hydrogen) atoms. The predicted octanol–water partition coefficient (Wildman–Crippen LogP) is 1.90. The van der Waals surface area contributed by atoms with Gasteiger partial charge in [0.25, 0.3) is 5.56 Å². The highest BCUT2D eigenvalue weighted by Crippen LogP contribution is 2.22. The van der Waals surface area contributed by atoms with E-state index >= 15 is 0 Å². The molecule has 0 saturated heterocycles. The number of rotatable bonds is 5. The van der Waals surface area contributed by atoms with Crippen LogP contribution < -0.4 is 16.6 Å². The molecule has 0 aliphatic carbocycles. The van der Waals surface area contributed by atoms with Crippen molar-refractivity contribution in [2.45, 2.75) is 19.4 Å². The minimum Gasteiger partial charge on any atom is -0.397 e. The number of aromatic nitrogens is 2. The molecule has 2 rings (SSSR count). The highest BCUT2D eigenvalue weighted by Gasteiger charge is 2.06. The van der Waals surface area contributed by atoms with Gasteiger partial charge in [-0.3, -0.25) is 14.2 Å². The summed E-state index contributed by atoms with van der Waals surface area (Å²) < 4.78 is 1.46. The number of benzene rings is 1. The Hall–Kier alpha value is -2.34. The van der Waals surface area contributed by atoms with Crippen molar-refractivity contribution in [1.29, 1.82) is 0 Å². The number of nitrogens with two attached hydrogens (primary N) is 1. The zero-order valence-electron chi connectivity index (χ0n) is 11.3. The number of halogens is 1. The summed E-state index contributed by atoms with van der Waals surface area (Å²) in [5, 5.41) is 3.23. The summed E-state index contributed by atoms with van der Waals surface area (Å²) >= 11 is 5.79. The van der Waals surface area contributed by atoms with Gasteiger partial charge in [0, 0.05) is 30.3 Å². The largest absolute Gasteiger partial charge is 0.397 e. The van der Waals surface area contributed by atoms with Crippen molar-refractivity contribution >= 4 is 28.9 Å². The number of amides is 1. The summed E-state index contributed by atoms with van der Waals surface area (Å²) in [5.74, 6) is -0.166. The van der Waals surface area contributed by atoms with E-state index in [1.165, 1.54) is 23.2 Å². The number of anilines is 2. The van der Waals surface area contributed by atoms with Crippen molar-refractivity contribution in [1.82, 2.24) is 9.55 Å². The van der Waals surface area contributed by atoms with E-state index in [9.17, 15) is 9.59 Å². The molecule has 2 aromatic rings. The molecule has 6 nitrogen and oxygen atoms in total. The number of carbonyl (C=O) groups is 1. The Morgan fingerprint density at radius 2 is 2.19 bits per heavy atom. The third kappa shape index (κ3) is 4.32. The second-order valence-corrected chi connectivity index (χ2v) is 4.93. The fraction of sp³-hybridized carbons (Fsp3) is 0.214. The fourth-order valence-corrected chi connectivity index (χ4v) is 2.00. The van der Waals surface area contributed by atoms with Crippen LogP contribution in [0.3, 0.4) is 0 Å². The van der Waals surface area contributed by atoms with Crippen LogP contribution in [0.5, 0.6) is 0 Å². The van der Waals surface area contributed by atoms with Crippen molar-refractivity contribution in [2.24, 2.45) is 0 Å². The molecule has 0 atom stereocenters. The zero-order chi connectivity index (χ0) is 15.2. The van der Waals surface area contributed by atoms with Crippen molar-refractivity contribution < 1.29 is 4.79 Å². The van der Waals surface area contributed by atoms with Gasteiger partial charge in [0.05, 0.1) is 17.7 Å². The summed E-state index contributed by atoms with van der Waals surface area (Å²) in [6, 6.07) is 6.27. The average molecular weight is 307 g/mol. The fourth-order valence-electron chi connectivity index (χ4n) is 1.82. The Kier molecular flexibility index (Phi) is 4.94. The first-order valence-electron chi connectivity index (χ1n) is 6.41. The van der Waals surface area contributed by atoms with Gasteiger partial charge in [-0.25, -0.2) is 4.98 Å². The molecule has 0 unspecified atom stereocenters. The molecule has 0 radical (unpaired) electrons. The van der Waals surface area contributed by atoms with Crippen LogP contribution in [0.1, 0.15) is 12.8 Å². The maximum atomic E-state index is 11.8. The summed E-state index contributed by atoms with van der Waals surface area (Å²) in [7, 11) is 0. The van der Waals surface area contributed by atoms with E-state index in [1.807, 2.05) is 0 Å². The standard InChI is InChI=1S/C14H15ClN4O2/c15-10-3-4-12(11(16)8-10)18-13(20)2-1-7-19-9-17-6-5-14(19)21/h3-6,8-9H,1-2,7,16H2,(H,18,20). The minimum absolute atomic E-state index is 0.132. The Balaban J connectivity index is 1.85. The molecule has 0 aliphatic heterocycles. The van der Waals surface area contributed by atoms with Crippen LogP contribution in [0, 0.1) is 0 Å². The van der Waals surface area contributed by atoms with E-state index < -0.39 is 0 Å². The van der Waals surface area contributed by atoms with Crippen LogP contribution in [0.2, 0.25) is 5.02 Å². The van der Waals surface area contributed by atoms with Crippen molar-refractivity contribution in [3.05, 3.63) is 52.2 Å². The lowest BCUT2D eigenvalue weighted by Gasteiger charge is -2.09. The summed E-state index contributed by atoms with van der Waals surface area (Å²) in [4.78, 5) is 27.1. The van der Waals surface area contributed by atoms with E-state index in [2.05, 4.69) is 10.3 Å². The van der Waals surface area contributed by atoms with Gasteiger partial charge in [0.2, 0.25) is 5.91 Å². The molecular weight excluding hydrogens is 292 g/mol. The average Bonchev–Trinajstić information content (AvgIpc) is 2.44. The van der Waals surface area contributed by atoms with Crippen LogP contribution in [0.15, 0.2) is 41.6 Å². The lowest BCUT2D eigenvalue weighted by molar-refractivity contribution is -0.116. The van der Waals surface area contributed by atoms with Crippen LogP contribution >= 0.6 is 11.6 Å². The number of hydrogen-bond acceptors (Lipinski definition) is 4. The van der Waals surface area contributed by atoms with E-state index in [1.54, 1.807) is 18.2 Å². The van der Waals surface area contributed by atoms with Gasteiger partial charge in [-0.1, -0.05) is 11.6 Å². The van der Waals surface area contributed by atoms with E-state index in [-0.39, 0.29) is 17.9 Å². The maximum Gasteiger partial charge on any atom is 0.253 e. The third-order valence-corrected chi connectivity index (χ3v) is 3.12. The molecule has 1 aromatic heterocycles. The number of hydrogen-bond donors (Lipinski definition) is 2. The van der Waals surface area contributed by atoms with Gasteiger partial charge in [-0.15, -0.1) is 0 Å². The SMILES string of the molecule is Nc1cc(Cl)ccc1NC(=O)CCCn1cnccc1=O. The molecular formula is C14H15ClN4O2. The number of nitrogens with one attached hydrogen (secondary N) is 1. The summed E-state index contributed by atoms with van der Waals surface area (Å²) in [6.07, 6.45) is 3.71. The lowest BCUT2D eigenvalue weighted by Crippen LogP contribution is -2.20. The summed E-state index contributed by atoms with van der Waals surface area (Å²) in [6.45, 7) is 0.441. The predicted molar refractivity (Wildman–Crippen MR) is 82.2 cm³/mol. The second-order valence-electron chi connectivity index (χ2n) is 4.50. The van der Waals surface area contributed by atoms with Crippen molar-refractivity contribution in [2.75, 3.05) is 11.1 Å². The van der Waals surface area contributed by atoms with Gasteiger partial charge in [-0.05, 0) is 24.6 Å². The van der Waals surface area contributed by atoms with Gasteiger partial charge >= 0.3 is 0 Å². The Morgan fingerprint density at radius 3 is 2.90 bits per heavy atom. The quantitative estimate of drug-likeness (QED) is 0.826. The minimum atomic E-state index is -0.166. The first kappa shape index (κ1) is 15.1. The molecule has 1 amide bonds. The Bertz CT molecular complexity index is 699. The molecule has 110 valence electrons. The number of nitrogen functional groups attached to an aromatic ring is 1. The molecule has 0 saturated carbocycles. The van der Waals surface area contributed by atoms with Crippen molar-refractivity contribution in [3.63, 3.8) is 0 Å². The second kappa shape index (κ2) is 6.90. The van der Waals surface area contributed by atoms with Crippen LogP contribution in [-0.4, -0.2) is 15.5 Å². The highest BCUT2D eigenvalue weighted by molar-refractivity contribution is 6.31. The molecule has 1 aromatic carbocycles. The normalized spacial score (nSPS) is 10.3. The topological polar surface area (TPSA) is 90.0 Å². The third-order valence-electron chi connectivity index (χ3n) is 2.88. The van der Waals surface area contributed by atoms with Gasteiger partial charge in [0.15, 0.2) is 0 Å². The lowest BCUT2D eigenvalue weighted by atomic mass is 10.2. The maximum absolute atomic E-state index is 11.8. The first-order valence-corrected chi connectivity index (χ1v) is 6.79. The van der Waals surface area contributed by atoms with Gasteiger partial charge in [-0.2, -0.15) is 0 Å². The van der Waals surface area contributed by atoms with Gasteiger partial charge in [0.1, 0.15) is 0 Å².